The maximum Gasteiger partial charge on any atom is 0.367 e. The molecule has 2 aromatic rings. The molecular weight excluding hydrogens is 422 g/mol. The number of carbonyl (C=O) groups excluding carboxylic acids is 1. The highest BCUT2D eigenvalue weighted by atomic mass is 32.2. The third-order valence-corrected chi connectivity index (χ3v) is 5.80. The predicted molar refractivity (Wildman–Crippen MR) is 118 cm³/mol. The van der Waals surface area contributed by atoms with E-state index in [1.165, 1.54) is 15.9 Å². The number of furan rings is 1. The van der Waals surface area contributed by atoms with Gasteiger partial charge in [-0.25, -0.2) is 0 Å². The first-order valence-electron chi connectivity index (χ1n) is 9.56. The van der Waals surface area contributed by atoms with Gasteiger partial charge in [0, 0.05) is 28.2 Å². The Morgan fingerprint density at radius 3 is 2.35 bits per heavy atom. The molecule has 166 valence electrons. The molecule has 10 nitrogen and oxygen atoms in total. The Kier molecular flexibility index (Phi) is 6.07. The maximum absolute atomic E-state index is 12.4. The second kappa shape index (κ2) is 8.42. The van der Waals surface area contributed by atoms with Crippen molar-refractivity contribution in [3.05, 3.63) is 47.9 Å². The van der Waals surface area contributed by atoms with Crippen LogP contribution in [0.5, 0.6) is 5.75 Å². The largest absolute Gasteiger partial charge is 0.505 e. The van der Waals surface area contributed by atoms with E-state index in [0.29, 0.717) is 12.2 Å². The van der Waals surface area contributed by atoms with Gasteiger partial charge in [-0.05, 0) is 30.7 Å². The molecule has 0 saturated heterocycles. The minimum atomic E-state index is -4.10. The highest BCUT2D eigenvalue weighted by molar-refractivity contribution is 7.89. The first-order chi connectivity index (χ1) is 14.6. The maximum atomic E-state index is 12.4. The van der Waals surface area contributed by atoms with Crippen LogP contribution in [0.1, 0.15) is 35.5 Å². The predicted octanol–water partition coefficient (Wildman–Crippen LogP) is 2.26. The molecule has 1 aliphatic rings. The molecule has 1 atom stereocenters. The van der Waals surface area contributed by atoms with Crippen molar-refractivity contribution >= 4 is 33.5 Å². The topological polar surface area (TPSA) is 119 Å². The highest BCUT2D eigenvalue weighted by Crippen LogP contribution is 2.33. The third-order valence-electron chi connectivity index (χ3n) is 4.99. The molecule has 3 rings (SSSR count). The Labute approximate surface area is 181 Å². The van der Waals surface area contributed by atoms with Crippen molar-refractivity contribution in [2.24, 2.45) is 8.80 Å². The molecule has 31 heavy (non-hydrogen) atoms. The van der Waals surface area contributed by atoms with Crippen molar-refractivity contribution in [2.75, 3.05) is 33.1 Å². The average molecular weight is 448 g/mol. The van der Waals surface area contributed by atoms with Gasteiger partial charge in [0.2, 0.25) is 0 Å². The lowest BCUT2D eigenvalue weighted by Gasteiger charge is -2.30. The molecule has 0 aliphatic carbocycles. The number of benzene rings is 1. The smallest absolute Gasteiger partial charge is 0.367 e. The summed E-state index contributed by atoms with van der Waals surface area (Å²) in [5, 5.41) is 10.7. The van der Waals surface area contributed by atoms with Crippen molar-refractivity contribution < 1.29 is 22.7 Å². The number of hydrogen-bond donors (Lipinski definition) is 1. The third kappa shape index (κ3) is 4.26. The Bertz CT molecular complexity index is 1140. The standard InChI is InChI=1S/C20H25N5O5S/c1-6-14(16-11-8-12-30-16)24(4)18-19(22-31(28,29)21-18)25(5)15-10-7-9-13(17(15)26)20(27)23(2)3/h7-12,14,26H,6H2,1-5H3/t14-/m1/s1. The summed E-state index contributed by atoms with van der Waals surface area (Å²) < 4.78 is 37.6. The first-order valence-corrected chi connectivity index (χ1v) is 11.0. The summed E-state index contributed by atoms with van der Waals surface area (Å²) in [5.74, 6) is 0.117. The quantitative estimate of drug-likeness (QED) is 0.747. The van der Waals surface area contributed by atoms with Crippen LogP contribution in [0.2, 0.25) is 0 Å². The zero-order valence-electron chi connectivity index (χ0n) is 18.0. The summed E-state index contributed by atoms with van der Waals surface area (Å²) in [4.78, 5) is 16.8. The minimum Gasteiger partial charge on any atom is -0.505 e. The van der Waals surface area contributed by atoms with Crippen molar-refractivity contribution in [3.63, 3.8) is 0 Å². The molecule has 0 fully saturated rings. The van der Waals surface area contributed by atoms with Crippen LogP contribution in [0.4, 0.5) is 5.69 Å². The van der Waals surface area contributed by atoms with Gasteiger partial charge in [0.05, 0.1) is 23.6 Å². The number of hydrogen-bond acceptors (Lipinski definition) is 7. The van der Waals surface area contributed by atoms with Crippen molar-refractivity contribution in [3.8, 4) is 5.75 Å². The number of likely N-dealkylation sites (N-methyl/N-ethyl adjacent to an activating group) is 2. The minimum absolute atomic E-state index is 0.0252. The van der Waals surface area contributed by atoms with E-state index in [0.717, 1.165) is 0 Å². The molecule has 1 N–H and O–H groups in total. The second-order valence-corrected chi connectivity index (χ2v) is 8.52. The molecule has 2 heterocycles. The number of nitrogens with zero attached hydrogens (tertiary/aromatic N) is 5. The van der Waals surface area contributed by atoms with Gasteiger partial charge in [-0.3, -0.25) is 4.79 Å². The fourth-order valence-electron chi connectivity index (χ4n) is 3.38. The Morgan fingerprint density at radius 1 is 1.10 bits per heavy atom. The monoisotopic (exact) mass is 447 g/mol. The summed E-state index contributed by atoms with van der Waals surface area (Å²) in [5.41, 5.74) is 0.306. The number of anilines is 1. The number of amides is 1. The van der Waals surface area contributed by atoms with E-state index in [1.54, 1.807) is 63.6 Å². The zero-order valence-corrected chi connectivity index (χ0v) is 18.8. The van der Waals surface area contributed by atoms with Gasteiger partial charge in [-0.15, -0.1) is 8.80 Å². The van der Waals surface area contributed by atoms with Crippen LogP contribution in [-0.4, -0.2) is 69.1 Å². The summed E-state index contributed by atoms with van der Waals surface area (Å²) in [6, 6.07) is 7.94. The van der Waals surface area contributed by atoms with Crippen LogP contribution >= 0.6 is 0 Å². The second-order valence-electron chi connectivity index (χ2n) is 7.26. The van der Waals surface area contributed by atoms with E-state index in [1.807, 2.05) is 6.92 Å². The lowest BCUT2D eigenvalue weighted by molar-refractivity contribution is 0.0824. The van der Waals surface area contributed by atoms with Crippen molar-refractivity contribution in [2.45, 2.75) is 19.4 Å². The summed E-state index contributed by atoms with van der Waals surface area (Å²) in [7, 11) is 2.30. The molecule has 11 heteroatoms. The van der Waals surface area contributed by atoms with Gasteiger partial charge in [0.25, 0.3) is 5.91 Å². The van der Waals surface area contributed by atoms with Crippen LogP contribution in [0.25, 0.3) is 0 Å². The SMILES string of the molecule is CC[C@H](c1ccco1)N(C)C1=NS(=O)(=O)N=C1N(C)c1cccc(C(=O)N(C)C)c1O. The van der Waals surface area contributed by atoms with Crippen LogP contribution in [-0.2, 0) is 10.2 Å². The molecule has 0 bridgehead atoms. The molecule has 0 saturated carbocycles. The van der Waals surface area contributed by atoms with Crippen molar-refractivity contribution in [1.29, 1.82) is 0 Å². The normalized spacial score (nSPS) is 15.8. The summed E-state index contributed by atoms with van der Waals surface area (Å²) in [6.07, 6.45) is 2.17. The molecule has 1 aromatic heterocycles. The Balaban J connectivity index is 2.03. The number of phenols is 1. The number of rotatable bonds is 5. The van der Waals surface area contributed by atoms with Crippen LogP contribution in [0.3, 0.4) is 0 Å². The molecule has 1 aliphatic heterocycles. The molecule has 1 aromatic carbocycles. The molecular formula is C20H25N5O5S. The lowest BCUT2D eigenvalue weighted by atomic mass is 10.1. The number of para-hydroxylation sites is 1. The number of aromatic hydroxyl groups is 1. The van der Waals surface area contributed by atoms with E-state index in [4.69, 9.17) is 4.42 Å². The van der Waals surface area contributed by atoms with E-state index >= 15 is 0 Å². The van der Waals surface area contributed by atoms with Gasteiger partial charge in [-0.2, -0.15) is 8.42 Å². The summed E-state index contributed by atoms with van der Waals surface area (Å²) >= 11 is 0. The zero-order chi connectivity index (χ0) is 22.9. The van der Waals surface area contributed by atoms with Crippen LogP contribution in [0, 0.1) is 0 Å². The molecule has 0 spiro atoms. The molecule has 0 unspecified atom stereocenters. The fourth-order valence-corrected chi connectivity index (χ4v) is 4.27. The lowest BCUT2D eigenvalue weighted by Crippen LogP contribution is -2.42. The van der Waals surface area contributed by atoms with Gasteiger partial charge in [0.1, 0.15) is 5.76 Å². The van der Waals surface area contributed by atoms with E-state index < -0.39 is 10.2 Å². The van der Waals surface area contributed by atoms with E-state index in [9.17, 15) is 18.3 Å². The average Bonchev–Trinajstić information content (AvgIpc) is 3.35. The number of carbonyl (C=O) groups is 1. The van der Waals surface area contributed by atoms with E-state index in [2.05, 4.69) is 8.80 Å². The van der Waals surface area contributed by atoms with Gasteiger partial charge < -0.3 is 24.2 Å². The Hall–Kier alpha value is -3.34. The first kappa shape index (κ1) is 22.3. The van der Waals surface area contributed by atoms with Crippen LogP contribution in [0.15, 0.2) is 49.8 Å². The van der Waals surface area contributed by atoms with Gasteiger partial charge in [-0.1, -0.05) is 13.0 Å². The van der Waals surface area contributed by atoms with Crippen LogP contribution < -0.4 is 4.90 Å². The highest BCUT2D eigenvalue weighted by Gasteiger charge is 2.35. The van der Waals surface area contributed by atoms with Crippen molar-refractivity contribution in [1.82, 2.24) is 9.80 Å². The number of phenolic OH excluding ortho intramolecular Hbond substituents is 1. The molecule has 0 radical (unpaired) electrons. The fraction of sp³-hybridized carbons (Fsp3) is 0.350. The molecule has 1 amide bonds. The summed E-state index contributed by atoms with van der Waals surface area (Å²) in [6.45, 7) is 1.94. The Morgan fingerprint density at radius 2 is 1.77 bits per heavy atom. The van der Waals surface area contributed by atoms with E-state index in [-0.39, 0.29) is 40.6 Å². The number of amidine groups is 2. The van der Waals surface area contributed by atoms with Gasteiger partial charge in [0.15, 0.2) is 17.4 Å². The van der Waals surface area contributed by atoms with Gasteiger partial charge >= 0.3 is 10.2 Å².